The molecule has 0 aliphatic heterocycles. The number of amides is 1. The fourth-order valence-corrected chi connectivity index (χ4v) is 1.94. The molecule has 2 aromatic rings. The van der Waals surface area contributed by atoms with Crippen LogP contribution in [-0.2, 0) is 6.54 Å². The lowest BCUT2D eigenvalue weighted by Gasteiger charge is -2.17. The van der Waals surface area contributed by atoms with Gasteiger partial charge < -0.3 is 14.7 Å². The van der Waals surface area contributed by atoms with Crippen LogP contribution < -0.4 is 4.74 Å². The third-order valence-corrected chi connectivity index (χ3v) is 3.01. The Morgan fingerprint density at radius 2 is 1.90 bits per heavy atom. The Hall–Kier alpha value is -2.49. The lowest BCUT2D eigenvalue weighted by molar-refractivity contribution is 0.0785. The monoisotopic (exact) mass is 271 g/mol. The molecule has 0 heterocycles. The summed E-state index contributed by atoms with van der Waals surface area (Å²) in [6, 6.07) is 13.8. The molecule has 0 spiro atoms. The second kappa shape index (κ2) is 6.10. The summed E-state index contributed by atoms with van der Waals surface area (Å²) in [5.41, 5.74) is 1.55. The van der Waals surface area contributed by atoms with Crippen LogP contribution in [0.1, 0.15) is 15.9 Å². The topological polar surface area (TPSA) is 49.8 Å². The second-order valence-electron chi connectivity index (χ2n) is 4.56. The van der Waals surface area contributed by atoms with E-state index in [4.69, 9.17) is 4.74 Å². The highest BCUT2D eigenvalue weighted by molar-refractivity contribution is 5.94. The van der Waals surface area contributed by atoms with Crippen LogP contribution in [0, 0.1) is 0 Å². The van der Waals surface area contributed by atoms with Crippen LogP contribution in [0.4, 0.5) is 0 Å². The van der Waals surface area contributed by atoms with Crippen molar-refractivity contribution in [2.75, 3.05) is 14.2 Å². The number of nitrogens with zero attached hydrogens (tertiary/aromatic N) is 1. The highest BCUT2D eigenvalue weighted by atomic mass is 16.5. The molecule has 2 rings (SSSR count). The van der Waals surface area contributed by atoms with E-state index in [0.29, 0.717) is 12.1 Å². The Bertz CT molecular complexity index is 593. The predicted octanol–water partition coefficient (Wildman–Crippen LogP) is 2.67. The molecular weight excluding hydrogens is 254 g/mol. The van der Waals surface area contributed by atoms with Gasteiger partial charge in [-0.15, -0.1) is 0 Å². The number of phenols is 1. The molecule has 0 bridgehead atoms. The summed E-state index contributed by atoms with van der Waals surface area (Å²) in [7, 11) is 3.36. The Kier molecular flexibility index (Phi) is 4.25. The van der Waals surface area contributed by atoms with E-state index in [1.807, 2.05) is 24.3 Å². The summed E-state index contributed by atoms with van der Waals surface area (Å²) in [5.74, 6) is 0.831. The number of hydrogen-bond donors (Lipinski definition) is 1. The minimum Gasteiger partial charge on any atom is -0.508 e. The predicted molar refractivity (Wildman–Crippen MR) is 76.9 cm³/mol. The zero-order valence-corrected chi connectivity index (χ0v) is 11.5. The summed E-state index contributed by atoms with van der Waals surface area (Å²) < 4.78 is 5.16. The Morgan fingerprint density at radius 3 is 2.55 bits per heavy atom. The van der Waals surface area contributed by atoms with Gasteiger partial charge in [0.2, 0.25) is 0 Å². The normalized spacial score (nSPS) is 10.1. The number of carbonyl (C=O) groups excluding carboxylic acids is 1. The van der Waals surface area contributed by atoms with Gasteiger partial charge in [-0.25, -0.2) is 0 Å². The lowest BCUT2D eigenvalue weighted by atomic mass is 10.1. The first kappa shape index (κ1) is 13.9. The van der Waals surface area contributed by atoms with E-state index >= 15 is 0 Å². The Labute approximate surface area is 118 Å². The van der Waals surface area contributed by atoms with Crippen LogP contribution in [0.25, 0.3) is 0 Å². The first-order valence-corrected chi connectivity index (χ1v) is 6.27. The number of hydrogen-bond acceptors (Lipinski definition) is 3. The molecule has 2 aromatic carbocycles. The molecule has 0 saturated carbocycles. The largest absolute Gasteiger partial charge is 0.508 e. The van der Waals surface area contributed by atoms with Gasteiger partial charge in [0.1, 0.15) is 11.5 Å². The van der Waals surface area contributed by atoms with Gasteiger partial charge in [0.15, 0.2) is 0 Å². The number of carbonyl (C=O) groups is 1. The molecule has 0 unspecified atom stereocenters. The summed E-state index contributed by atoms with van der Waals surface area (Å²) in [5, 5.41) is 9.23. The molecule has 0 fully saturated rings. The number of aromatic hydroxyl groups is 1. The van der Waals surface area contributed by atoms with Crippen LogP contribution in [-0.4, -0.2) is 30.1 Å². The van der Waals surface area contributed by atoms with Crippen molar-refractivity contribution in [3.05, 3.63) is 59.7 Å². The second-order valence-corrected chi connectivity index (χ2v) is 4.56. The Morgan fingerprint density at radius 1 is 1.20 bits per heavy atom. The van der Waals surface area contributed by atoms with Crippen molar-refractivity contribution in [3.63, 3.8) is 0 Å². The average molecular weight is 271 g/mol. The molecule has 20 heavy (non-hydrogen) atoms. The zero-order chi connectivity index (χ0) is 14.5. The third kappa shape index (κ3) is 3.29. The van der Waals surface area contributed by atoms with Crippen molar-refractivity contribution >= 4 is 5.91 Å². The summed E-state index contributed by atoms with van der Waals surface area (Å²) in [4.78, 5) is 13.9. The van der Waals surface area contributed by atoms with E-state index < -0.39 is 0 Å². The van der Waals surface area contributed by atoms with E-state index in [2.05, 4.69) is 0 Å². The van der Waals surface area contributed by atoms with Gasteiger partial charge in [-0.3, -0.25) is 4.79 Å². The average Bonchev–Trinajstić information content (AvgIpc) is 2.47. The molecule has 1 N–H and O–H groups in total. The molecule has 0 aliphatic carbocycles. The number of benzene rings is 2. The molecule has 0 aliphatic rings. The fourth-order valence-electron chi connectivity index (χ4n) is 1.94. The first-order valence-electron chi connectivity index (χ1n) is 6.27. The standard InChI is InChI=1S/C16H17NO3/c1-17(11-12-4-3-5-15(10-12)20-2)16(19)13-6-8-14(18)9-7-13/h3-10,18H,11H2,1-2H3. The SMILES string of the molecule is COc1cccc(CN(C)C(=O)c2ccc(O)cc2)c1. The van der Waals surface area contributed by atoms with E-state index in [0.717, 1.165) is 11.3 Å². The number of phenolic OH excluding ortho intramolecular Hbond substituents is 1. The molecule has 104 valence electrons. The fraction of sp³-hybridized carbons (Fsp3) is 0.188. The van der Waals surface area contributed by atoms with Gasteiger partial charge in [-0.1, -0.05) is 12.1 Å². The van der Waals surface area contributed by atoms with Crippen molar-refractivity contribution in [2.45, 2.75) is 6.54 Å². The molecule has 0 aromatic heterocycles. The van der Waals surface area contributed by atoms with Gasteiger partial charge in [0, 0.05) is 19.2 Å². The lowest BCUT2D eigenvalue weighted by Crippen LogP contribution is -2.26. The van der Waals surface area contributed by atoms with Gasteiger partial charge >= 0.3 is 0 Å². The van der Waals surface area contributed by atoms with Crippen molar-refractivity contribution in [2.24, 2.45) is 0 Å². The minimum atomic E-state index is -0.0900. The van der Waals surface area contributed by atoms with Gasteiger partial charge in [0.05, 0.1) is 7.11 Å². The number of rotatable bonds is 4. The molecule has 1 amide bonds. The summed E-state index contributed by atoms with van der Waals surface area (Å²) in [6.07, 6.45) is 0. The van der Waals surface area contributed by atoms with Crippen LogP contribution in [0.5, 0.6) is 11.5 Å². The highest BCUT2D eigenvalue weighted by Crippen LogP contribution is 2.16. The smallest absolute Gasteiger partial charge is 0.253 e. The molecule has 0 saturated heterocycles. The zero-order valence-electron chi connectivity index (χ0n) is 11.5. The van der Waals surface area contributed by atoms with Crippen LogP contribution in [0.3, 0.4) is 0 Å². The quantitative estimate of drug-likeness (QED) is 0.930. The van der Waals surface area contributed by atoms with Crippen molar-refractivity contribution < 1.29 is 14.6 Å². The van der Waals surface area contributed by atoms with E-state index in [1.54, 1.807) is 31.2 Å². The van der Waals surface area contributed by atoms with Crippen molar-refractivity contribution in [3.8, 4) is 11.5 Å². The van der Waals surface area contributed by atoms with E-state index in [9.17, 15) is 9.90 Å². The van der Waals surface area contributed by atoms with Crippen molar-refractivity contribution in [1.82, 2.24) is 4.90 Å². The maximum Gasteiger partial charge on any atom is 0.253 e. The number of ether oxygens (including phenoxy) is 1. The van der Waals surface area contributed by atoms with Gasteiger partial charge in [-0.05, 0) is 42.0 Å². The highest BCUT2D eigenvalue weighted by Gasteiger charge is 2.12. The summed E-state index contributed by atoms with van der Waals surface area (Å²) in [6.45, 7) is 0.497. The summed E-state index contributed by atoms with van der Waals surface area (Å²) >= 11 is 0. The molecule has 4 nitrogen and oxygen atoms in total. The van der Waals surface area contributed by atoms with Crippen LogP contribution >= 0.6 is 0 Å². The van der Waals surface area contributed by atoms with Crippen LogP contribution in [0.15, 0.2) is 48.5 Å². The van der Waals surface area contributed by atoms with Gasteiger partial charge in [0.25, 0.3) is 5.91 Å². The molecule has 0 atom stereocenters. The first-order chi connectivity index (χ1) is 9.60. The minimum absolute atomic E-state index is 0.0900. The van der Waals surface area contributed by atoms with E-state index in [-0.39, 0.29) is 11.7 Å². The number of methoxy groups -OCH3 is 1. The van der Waals surface area contributed by atoms with Crippen molar-refractivity contribution in [1.29, 1.82) is 0 Å². The molecule has 4 heteroatoms. The third-order valence-electron chi connectivity index (χ3n) is 3.01. The molecule has 0 radical (unpaired) electrons. The van der Waals surface area contributed by atoms with Crippen LogP contribution in [0.2, 0.25) is 0 Å². The maximum atomic E-state index is 12.2. The van der Waals surface area contributed by atoms with Gasteiger partial charge in [-0.2, -0.15) is 0 Å². The maximum absolute atomic E-state index is 12.2. The molecular formula is C16H17NO3. The Balaban J connectivity index is 2.09. The van der Waals surface area contributed by atoms with E-state index in [1.165, 1.54) is 12.1 Å².